The Bertz CT molecular complexity index is 1120. The maximum absolute atomic E-state index is 13.7. The van der Waals surface area contributed by atoms with Crippen LogP contribution in [0.25, 0.3) is 0 Å². The van der Waals surface area contributed by atoms with Crippen molar-refractivity contribution in [3.8, 4) is 0 Å². The zero-order valence-electron chi connectivity index (χ0n) is 23.3. The van der Waals surface area contributed by atoms with Crippen LogP contribution in [0.1, 0.15) is 44.1 Å². The lowest BCUT2D eigenvalue weighted by atomic mass is 10.00. The number of nitrogens with zero attached hydrogens (tertiary/aromatic N) is 4. The van der Waals surface area contributed by atoms with Crippen LogP contribution in [0.3, 0.4) is 0 Å². The van der Waals surface area contributed by atoms with Gasteiger partial charge in [-0.25, -0.2) is 9.78 Å². The monoisotopic (exact) mass is 546 g/mol. The number of carbonyl (C=O) groups excluding carboxylic acids is 3. The summed E-state index contributed by atoms with van der Waals surface area (Å²) in [7, 11) is 0. The normalized spacial score (nSPS) is 24.1. The lowest BCUT2D eigenvalue weighted by Gasteiger charge is -2.36. The number of carbonyl (C=O) groups is 3. The molecule has 1 saturated carbocycles. The summed E-state index contributed by atoms with van der Waals surface area (Å²) in [4.78, 5) is 51.0. The Hall–Kier alpha value is -3.62. The number of piperazine rings is 1. The van der Waals surface area contributed by atoms with Gasteiger partial charge in [0.25, 0.3) is 0 Å². The Morgan fingerprint density at radius 1 is 0.900 bits per heavy atom. The van der Waals surface area contributed by atoms with Crippen molar-refractivity contribution in [1.82, 2.24) is 25.4 Å². The summed E-state index contributed by atoms with van der Waals surface area (Å²) in [5.74, 6) is 0.385. The second-order valence-corrected chi connectivity index (χ2v) is 11.2. The molecule has 4 amide bonds. The Labute approximate surface area is 237 Å². The molecule has 3 unspecified atom stereocenters. The van der Waals surface area contributed by atoms with Gasteiger partial charge in [-0.05, 0) is 49.8 Å². The van der Waals surface area contributed by atoms with Crippen molar-refractivity contribution in [2.75, 3.05) is 50.7 Å². The molecule has 214 valence electrons. The number of rotatable bonds is 5. The van der Waals surface area contributed by atoms with Crippen LogP contribution in [0.4, 0.5) is 10.6 Å². The Kier molecular flexibility index (Phi) is 9.52. The molecule has 40 heavy (non-hydrogen) atoms. The molecular formula is C31H42N6O3. The van der Waals surface area contributed by atoms with Gasteiger partial charge in [0.15, 0.2) is 0 Å². The molecule has 2 N–H and O–H groups in total. The number of pyridine rings is 1. The number of aromatic nitrogens is 1. The van der Waals surface area contributed by atoms with Crippen molar-refractivity contribution in [2.45, 2.75) is 51.0 Å². The van der Waals surface area contributed by atoms with Crippen LogP contribution < -0.4 is 15.5 Å². The lowest BCUT2D eigenvalue weighted by molar-refractivity contribution is -0.135. The molecule has 0 radical (unpaired) electrons. The first-order valence-corrected chi connectivity index (χ1v) is 14.9. The van der Waals surface area contributed by atoms with Gasteiger partial charge >= 0.3 is 6.03 Å². The molecule has 1 aromatic heterocycles. The molecule has 2 aromatic rings. The second kappa shape index (κ2) is 13.6. The molecular weight excluding hydrogens is 504 g/mol. The van der Waals surface area contributed by atoms with E-state index in [1.54, 1.807) is 6.20 Å². The van der Waals surface area contributed by atoms with Crippen LogP contribution in [-0.4, -0.2) is 84.5 Å². The Balaban J connectivity index is 1.24. The summed E-state index contributed by atoms with van der Waals surface area (Å²) in [5, 5.41) is 6.21. The van der Waals surface area contributed by atoms with E-state index in [1.165, 1.54) is 5.56 Å². The maximum Gasteiger partial charge on any atom is 0.317 e. The van der Waals surface area contributed by atoms with E-state index >= 15 is 0 Å². The molecule has 3 heterocycles. The average molecular weight is 547 g/mol. The number of nitrogens with one attached hydrogen (secondary N) is 2. The maximum atomic E-state index is 13.7. The minimum Gasteiger partial charge on any atom is -0.356 e. The Morgan fingerprint density at radius 2 is 1.68 bits per heavy atom. The fourth-order valence-electron chi connectivity index (χ4n) is 6.38. The van der Waals surface area contributed by atoms with Gasteiger partial charge in [0.2, 0.25) is 11.8 Å². The highest BCUT2D eigenvalue weighted by molar-refractivity contribution is 5.85. The van der Waals surface area contributed by atoms with Gasteiger partial charge in [-0.3, -0.25) is 9.59 Å². The largest absolute Gasteiger partial charge is 0.356 e. The number of anilines is 1. The van der Waals surface area contributed by atoms with Crippen molar-refractivity contribution in [1.29, 1.82) is 0 Å². The highest BCUT2D eigenvalue weighted by Crippen LogP contribution is 2.37. The molecule has 9 nitrogen and oxygen atoms in total. The number of hydrogen-bond acceptors (Lipinski definition) is 5. The molecule has 0 bridgehead atoms. The van der Waals surface area contributed by atoms with E-state index in [-0.39, 0.29) is 35.7 Å². The van der Waals surface area contributed by atoms with E-state index < -0.39 is 0 Å². The minimum absolute atomic E-state index is 0.0238. The zero-order chi connectivity index (χ0) is 27.7. The molecule has 3 fully saturated rings. The summed E-state index contributed by atoms with van der Waals surface area (Å²) in [6, 6.07) is 15.6. The van der Waals surface area contributed by atoms with Gasteiger partial charge in [-0.15, -0.1) is 0 Å². The standard InChI is InChI=1S/C31H42N6O3/c38-29-26-22-25(30(39)36-20-18-35(19-21-36)28-12-6-8-14-32-28)23-27(26)37(17-9-2-1-7-15-33-29)31(40)34-16-13-24-10-4-3-5-11-24/h3-6,8,10-12,14,25-27H,1-2,7,9,13,15-23H2,(H,33,38)(H,34,40). The quantitative estimate of drug-likeness (QED) is 0.601. The number of urea groups is 1. The fourth-order valence-corrected chi connectivity index (χ4v) is 6.38. The first-order valence-electron chi connectivity index (χ1n) is 14.9. The van der Waals surface area contributed by atoms with Crippen LogP contribution in [0.5, 0.6) is 0 Å². The number of amides is 4. The Morgan fingerprint density at radius 3 is 2.45 bits per heavy atom. The third-order valence-corrected chi connectivity index (χ3v) is 8.60. The SMILES string of the molecule is O=C1NCCCCCCN(C(=O)NCCc2ccccc2)C2CC(C(=O)N3CCN(c4ccccn4)CC3)CC12. The first-order chi connectivity index (χ1) is 19.6. The molecule has 2 aliphatic heterocycles. The van der Waals surface area contributed by atoms with E-state index in [0.29, 0.717) is 45.6 Å². The second-order valence-electron chi connectivity index (χ2n) is 11.2. The molecule has 3 aliphatic rings. The van der Waals surface area contributed by atoms with Crippen molar-refractivity contribution in [3.63, 3.8) is 0 Å². The average Bonchev–Trinajstić information content (AvgIpc) is 3.43. The lowest BCUT2D eigenvalue weighted by Crippen LogP contribution is -2.51. The van der Waals surface area contributed by atoms with Gasteiger partial charge in [0.1, 0.15) is 5.82 Å². The third-order valence-electron chi connectivity index (χ3n) is 8.60. The molecule has 2 saturated heterocycles. The fraction of sp³-hybridized carbons (Fsp3) is 0.548. The van der Waals surface area contributed by atoms with Crippen LogP contribution in [0.2, 0.25) is 0 Å². The summed E-state index contributed by atoms with van der Waals surface area (Å²) < 4.78 is 0. The highest BCUT2D eigenvalue weighted by Gasteiger charge is 2.46. The molecule has 0 spiro atoms. The van der Waals surface area contributed by atoms with Crippen molar-refractivity contribution in [3.05, 3.63) is 60.3 Å². The predicted molar refractivity (Wildman–Crippen MR) is 155 cm³/mol. The summed E-state index contributed by atoms with van der Waals surface area (Å²) >= 11 is 0. The van der Waals surface area contributed by atoms with Crippen molar-refractivity contribution >= 4 is 23.7 Å². The third kappa shape index (κ3) is 6.92. The predicted octanol–water partition coefficient (Wildman–Crippen LogP) is 3.07. The van der Waals surface area contributed by atoms with Gasteiger partial charge in [-0.1, -0.05) is 49.2 Å². The number of benzene rings is 1. The van der Waals surface area contributed by atoms with Crippen LogP contribution >= 0.6 is 0 Å². The number of fused-ring (bicyclic) bond motifs is 1. The first kappa shape index (κ1) is 27.9. The van der Waals surface area contributed by atoms with Crippen molar-refractivity contribution in [2.24, 2.45) is 11.8 Å². The van der Waals surface area contributed by atoms with Crippen molar-refractivity contribution < 1.29 is 14.4 Å². The van der Waals surface area contributed by atoms with Gasteiger partial charge in [-0.2, -0.15) is 0 Å². The summed E-state index contributed by atoms with van der Waals surface area (Å²) in [5.41, 5.74) is 1.17. The van der Waals surface area contributed by atoms with E-state index in [2.05, 4.69) is 32.7 Å². The van der Waals surface area contributed by atoms with Gasteiger partial charge < -0.3 is 25.3 Å². The van der Waals surface area contributed by atoms with E-state index in [0.717, 1.165) is 51.0 Å². The molecule has 5 rings (SSSR count). The molecule has 9 heteroatoms. The summed E-state index contributed by atoms with van der Waals surface area (Å²) in [6.07, 6.45) is 7.45. The topological polar surface area (TPSA) is 97.9 Å². The van der Waals surface area contributed by atoms with E-state index in [9.17, 15) is 14.4 Å². The zero-order valence-corrected chi connectivity index (χ0v) is 23.3. The van der Waals surface area contributed by atoms with Crippen LogP contribution in [-0.2, 0) is 16.0 Å². The van der Waals surface area contributed by atoms with Gasteiger partial charge in [0.05, 0.1) is 5.92 Å². The summed E-state index contributed by atoms with van der Waals surface area (Å²) in [6.45, 7) is 4.53. The van der Waals surface area contributed by atoms with Crippen LogP contribution in [0.15, 0.2) is 54.7 Å². The number of hydrogen-bond donors (Lipinski definition) is 2. The minimum atomic E-state index is -0.373. The molecule has 3 atom stereocenters. The highest BCUT2D eigenvalue weighted by atomic mass is 16.2. The van der Waals surface area contributed by atoms with Gasteiger partial charge in [0, 0.05) is 64.0 Å². The molecule has 1 aliphatic carbocycles. The van der Waals surface area contributed by atoms with Crippen LogP contribution in [0, 0.1) is 11.8 Å². The molecule has 1 aromatic carbocycles. The smallest absolute Gasteiger partial charge is 0.317 e. The van der Waals surface area contributed by atoms with E-state index in [4.69, 9.17) is 0 Å². The van der Waals surface area contributed by atoms with E-state index in [1.807, 2.05) is 46.2 Å².